The Bertz CT molecular complexity index is 767. The van der Waals surface area contributed by atoms with E-state index in [9.17, 15) is 9.59 Å². The lowest BCUT2D eigenvalue weighted by Crippen LogP contribution is -2.39. The minimum Gasteiger partial charge on any atom is -0.484 e. The Labute approximate surface area is 152 Å². The normalized spacial score (nSPS) is 11.2. The van der Waals surface area contributed by atoms with Crippen LogP contribution in [0.1, 0.15) is 24.0 Å². The number of carbonyl (C=O) groups is 2. The summed E-state index contributed by atoms with van der Waals surface area (Å²) in [6.07, 6.45) is 0.873. The Kier molecular flexibility index (Phi) is 7.19. The van der Waals surface area contributed by atoms with Crippen molar-refractivity contribution in [3.63, 3.8) is 0 Å². The summed E-state index contributed by atoms with van der Waals surface area (Å²) in [5, 5.41) is 20.5. The molecule has 0 aliphatic carbocycles. The van der Waals surface area contributed by atoms with Gasteiger partial charge in [0.2, 0.25) is 0 Å². The molecule has 0 saturated carbocycles. The topological polar surface area (TPSA) is 99.4 Å². The maximum absolute atomic E-state index is 12.1. The van der Waals surface area contributed by atoms with Gasteiger partial charge in [0, 0.05) is 12.5 Å². The van der Waals surface area contributed by atoms with E-state index in [-0.39, 0.29) is 25.0 Å². The highest BCUT2D eigenvalue weighted by atomic mass is 16.5. The monoisotopic (exact) mass is 352 g/mol. The molecule has 0 aliphatic rings. The van der Waals surface area contributed by atoms with E-state index in [1.165, 1.54) is 0 Å². The van der Waals surface area contributed by atoms with E-state index in [1.54, 1.807) is 24.3 Å². The van der Waals surface area contributed by atoms with Crippen LogP contribution in [0.15, 0.2) is 54.6 Å². The third kappa shape index (κ3) is 6.65. The average molecular weight is 352 g/mol. The fraction of sp³-hybridized carbons (Fsp3) is 0.250. The first-order valence-electron chi connectivity index (χ1n) is 8.25. The molecule has 0 aliphatic heterocycles. The van der Waals surface area contributed by atoms with Gasteiger partial charge in [-0.15, -0.1) is 0 Å². The molecule has 134 valence electrons. The number of hydrogen-bond donors (Lipinski definition) is 2. The lowest BCUT2D eigenvalue weighted by molar-refractivity contribution is -0.137. The Hall–Kier alpha value is -3.33. The van der Waals surface area contributed by atoms with Crippen molar-refractivity contribution in [3.05, 3.63) is 65.7 Å². The number of benzene rings is 2. The average Bonchev–Trinajstić information content (AvgIpc) is 2.65. The van der Waals surface area contributed by atoms with Crippen LogP contribution in [0.3, 0.4) is 0 Å². The van der Waals surface area contributed by atoms with Gasteiger partial charge in [-0.2, -0.15) is 5.26 Å². The van der Waals surface area contributed by atoms with Crippen molar-refractivity contribution < 1.29 is 19.4 Å². The standard InChI is InChI=1S/C20H20N2O4/c21-13-16-6-9-18(10-7-16)26-14-19(23)22-17(8-11-20(24)25)12-15-4-2-1-3-5-15/h1-7,9-10,17H,8,11-12,14H2,(H,22,23)(H,24,25). The summed E-state index contributed by atoms with van der Waals surface area (Å²) < 4.78 is 5.41. The fourth-order valence-electron chi connectivity index (χ4n) is 2.47. The first kappa shape index (κ1) is 19.0. The van der Waals surface area contributed by atoms with Gasteiger partial charge in [0.25, 0.3) is 5.91 Å². The van der Waals surface area contributed by atoms with E-state index in [2.05, 4.69) is 5.32 Å². The first-order chi connectivity index (χ1) is 12.6. The molecule has 2 rings (SSSR count). The van der Waals surface area contributed by atoms with Crippen molar-refractivity contribution in [2.24, 2.45) is 0 Å². The quantitative estimate of drug-likeness (QED) is 0.722. The van der Waals surface area contributed by atoms with Gasteiger partial charge in [-0.05, 0) is 42.7 Å². The molecule has 0 bridgehead atoms. The van der Waals surface area contributed by atoms with E-state index >= 15 is 0 Å². The molecule has 1 amide bonds. The lowest BCUT2D eigenvalue weighted by Gasteiger charge is -2.18. The second kappa shape index (κ2) is 9.84. The van der Waals surface area contributed by atoms with Crippen LogP contribution < -0.4 is 10.1 Å². The van der Waals surface area contributed by atoms with Gasteiger partial charge in [-0.25, -0.2) is 0 Å². The van der Waals surface area contributed by atoms with Gasteiger partial charge >= 0.3 is 5.97 Å². The molecule has 1 unspecified atom stereocenters. The predicted molar refractivity (Wildman–Crippen MR) is 95.6 cm³/mol. The highest BCUT2D eigenvalue weighted by Gasteiger charge is 2.15. The van der Waals surface area contributed by atoms with Crippen molar-refractivity contribution in [2.45, 2.75) is 25.3 Å². The summed E-state index contributed by atoms with van der Waals surface area (Å²) in [6, 6.07) is 17.8. The largest absolute Gasteiger partial charge is 0.484 e. The molecule has 6 heteroatoms. The summed E-state index contributed by atoms with van der Waals surface area (Å²) in [7, 11) is 0. The van der Waals surface area contributed by atoms with Crippen LogP contribution in [0.5, 0.6) is 5.75 Å². The smallest absolute Gasteiger partial charge is 0.303 e. The van der Waals surface area contributed by atoms with E-state index < -0.39 is 5.97 Å². The number of nitrogens with zero attached hydrogens (tertiary/aromatic N) is 1. The zero-order valence-corrected chi connectivity index (χ0v) is 14.2. The van der Waals surface area contributed by atoms with Gasteiger partial charge in [0.15, 0.2) is 6.61 Å². The van der Waals surface area contributed by atoms with E-state index in [0.29, 0.717) is 24.2 Å². The summed E-state index contributed by atoms with van der Waals surface area (Å²) in [5.41, 5.74) is 1.54. The van der Waals surface area contributed by atoms with Crippen LogP contribution >= 0.6 is 0 Å². The van der Waals surface area contributed by atoms with E-state index in [0.717, 1.165) is 5.56 Å². The number of carboxylic acids is 1. The zero-order valence-electron chi connectivity index (χ0n) is 14.2. The number of amides is 1. The van der Waals surface area contributed by atoms with Crippen LogP contribution in [0.25, 0.3) is 0 Å². The summed E-state index contributed by atoms with van der Waals surface area (Å²) in [5.74, 6) is -0.726. The molecule has 26 heavy (non-hydrogen) atoms. The number of nitriles is 1. The minimum atomic E-state index is -0.897. The van der Waals surface area contributed by atoms with Crippen molar-refractivity contribution in [1.82, 2.24) is 5.32 Å². The number of hydrogen-bond acceptors (Lipinski definition) is 4. The highest BCUT2D eigenvalue weighted by molar-refractivity contribution is 5.78. The molecule has 0 spiro atoms. The maximum Gasteiger partial charge on any atom is 0.303 e. The summed E-state index contributed by atoms with van der Waals surface area (Å²) >= 11 is 0. The molecular weight excluding hydrogens is 332 g/mol. The van der Waals surface area contributed by atoms with Crippen LogP contribution in [0, 0.1) is 11.3 Å². The summed E-state index contributed by atoms with van der Waals surface area (Å²) in [4.78, 5) is 23.0. The Morgan fingerprint density at radius 1 is 1.12 bits per heavy atom. The second-order valence-electron chi connectivity index (χ2n) is 5.81. The second-order valence-corrected chi connectivity index (χ2v) is 5.81. The number of carboxylic acid groups (broad SMARTS) is 1. The number of nitrogens with one attached hydrogen (secondary N) is 1. The molecule has 1 atom stereocenters. The minimum absolute atomic E-state index is 0.0196. The third-order valence-corrected chi connectivity index (χ3v) is 3.75. The van der Waals surface area contributed by atoms with Gasteiger partial charge in [0.1, 0.15) is 5.75 Å². The molecule has 0 saturated heterocycles. The van der Waals surface area contributed by atoms with Crippen LogP contribution in [0.4, 0.5) is 0 Å². The van der Waals surface area contributed by atoms with Crippen LogP contribution in [0.2, 0.25) is 0 Å². The number of ether oxygens (including phenoxy) is 1. The Balaban J connectivity index is 1.89. The van der Waals surface area contributed by atoms with Crippen molar-refractivity contribution in [1.29, 1.82) is 5.26 Å². The lowest BCUT2D eigenvalue weighted by atomic mass is 10.0. The van der Waals surface area contributed by atoms with Gasteiger partial charge < -0.3 is 15.2 Å². The van der Waals surface area contributed by atoms with Gasteiger partial charge in [0.05, 0.1) is 11.6 Å². The van der Waals surface area contributed by atoms with Crippen LogP contribution in [-0.2, 0) is 16.0 Å². The molecule has 0 radical (unpaired) electrons. The molecule has 2 N–H and O–H groups in total. The van der Waals surface area contributed by atoms with E-state index in [4.69, 9.17) is 15.1 Å². The van der Waals surface area contributed by atoms with Gasteiger partial charge in [-0.1, -0.05) is 30.3 Å². The molecule has 0 aromatic heterocycles. The highest BCUT2D eigenvalue weighted by Crippen LogP contribution is 2.12. The van der Waals surface area contributed by atoms with E-state index in [1.807, 2.05) is 36.4 Å². The fourth-order valence-corrected chi connectivity index (χ4v) is 2.47. The number of aliphatic carboxylic acids is 1. The molecule has 0 fully saturated rings. The molecule has 0 heterocycles. The van der Waals surface area contributed by atoms with Crippen molar-refractivity contribution in [2.75, 3.05) is 6.61 Å². The molecular formula is C20H20N2O4. The molecule has 6 nitrogen and oxygen atoms in total. The maximum atomic E-state index is 12.1. The zero-order chi connectivity index (χ0) is 18.8. The van der Waals surface area contributed by atoms with Gasteiger partial charge in [-0.3, -0.25) is 9.59 Å². The Morgan fingerprint density at radius 2 is 1.81 bits per heavy atom. The predicted octanol–water partition coefficient (Wildman–Crippen LogP) is 2.53. The first-order valence-corrected chi connectivity index (χ1v) is 8.25. The molecule has 2 aromatic rings. The third-order valence-electron chi connectivity index (χ3n) is 3.75. The number of rotatable bonds is 9. The summed E-state index contributed by atoms with van der Waals surface area (Å²) in [6.45, 7) is -0.176. The van der Waals surface area contributed by atoms with Crippen LogP contribution in [-0.4, -0.2) is 29.6 Å². The SMILES string of the molecule is N#Cc1ccc(OCC(=O)NC(CCC(=O)O)Cc2ccccc2)cc1. The molecule has 2 aromatic carbocycles. The van der Waals surface area contributed by atoms with Crippen molar-refractivity contribution in [3.8, 4) is 11.8 Å². The Morgan fingerprint density at radius 3 is 2.42 bits per heavy atom. The van der Waals surface area contributed by atoms with Crippen molar-refractivity contribution >= 4 is 11.9 Å². The number of carbonyl (C=O) groups excluding carboxylic acids is 1.